The lowest BCUT2D eigenvalue weighted by Crippen LogP contribution is -2.09. The summed E-state index contributed by atoms with van der Waals surface area (Å²) in [6, 6.07) is 12.0. The molecule has 94 valence electrons. The molecule has 2 nitrogen and oxygen atoms in total. The number of pyridine rings is 1. The molecule has 1 atom stereocenters. The summed E-state index contributed by atoms with van der Waals surface area (Å²) >= 11 is 7.44. The van der Waals surface area contributed by atoms with Gasteiger partial charge < -0.3 is 5.73 Å². The lowest BCUT2D eigenvalue weighted by atomic mass is 10.1. The largest absolute Gasteiger partial charge is 0.324 e. The van der Waals surface area contributed by atoms with E-state index in [0.29, 0.717) is 5.02 Å². The molecule has 0 bridgehead atoms. The highest BCUT2D eigenvalue weighted by Crippen LogP contribution is 2.32. The van der Waals surface area contributed by atoms with Crippen LogP contribution in [0, 0.1) is 0 Å². The molecule has 0 spiro atoms. The normalized spacial score (nSPS) is 12.4. The first-order valence-corrected chi connectivity index (χ1v) is 7.04. The molecule has 2 aromatic rings. The number of nitrogens with two attached hydrogens (primary N) is 1. The van der Waals surface area contributed by atoms with Gasteiger partial charge in [0.15, 0.2) is 0 Å². The Labute approximate surface area is 117 Å². The number of aromatic nitrogens is 1. The Balaban J connectivity index is 2.26. The van der Waals surface area contributed by atoms with Gasteiger partial charge in [-0.25, -0.2) is 4.98 Å². The minimum atomic E-state index is 0.0704. The molecule has 1 heterocycles. The lowest BCUT2D eigenvalue weighted by Gasteiger charge is -2.13. The van der Waals surface area contributed by atoms with E-state index < -0.39 is 0 Å². The Morgan fingerprint density at radius 1 is 1.28 bits per heavy atom. The van der Waals surface area contributed by atoms with Crippen molar-refractivity contribution in [2.24, 2.45) is 5.73 Å². The van der Waals surface area contributed by atoms with Crippen LogP contribution in [0.2, 0.25) is 5.02 Å². The van der Waals surface area contributed by atoms with Gasteiger partial charge in [-0.2, -0.15) is 0 Å². The summed E-state index contributed by atoms with van der Waals surface area (Å²) in [5.74, 6) is 0. The van der Waals surface area contributed by atoms with Crippen molar-refractivity contribution in [2.45, 2.75) is 29.3 Å². The van der Waals surface area contributed by atoms with Gasteiger partial charge in [-0.3, -0.25) is 0 Å². The summed E-state index contributed by atoms with van der Waals surface area (Å²) in [7, 11) is 0. The fourth-order valence-corrected chi connectivity index (χ4v) is 2.70. The van der Waals surface area contributed by atoms with Gasteiger partial charge in [-0.05, 0) is 30.2 Å². The summed E-state index contributed by atoms with van der Waals surface area (Å²) in [5.41, 5.74) is 7.29. The van der Waals surface area contributed by atoms with E-state index in [-0.39, 0.29) is 6.04 Å². The van der Waals surface area contributed by atoms with Crippen molar-refractivity contribution in [3.63, 3.8) is 0 Å². The van der Waals surface area contributed by atoms with Crippen LogP contribution in [0.15, 0.2) is 52.5 Å². The second-order valence-electron chi connectivity index (χ2n) is 3.97. The van der Waals surface area contributed by atoms with Gasteiger partial charge in [-0.1, -0.05) is 48.5 Å². The van der Waals surface area contributed by atoms with Crippen molar-refractivity contribution in [3.05, 3.63) is 53.2 Å². The molecule has 2 N–H and O–H groups in total. The molecule has 0 amide bonds. The van der Waals surface area contributed by atoms with Gasteiger partial charge in [-0.15, -0.1) is 0 Å². The minimum absolute atomic E-state index is 0.0704. The highest BCUT2D eigenvalue weighted by atomic mass is 35.5. The van der Waals surface area contributed by atoms with E-state index in [1.54, 1.807) is 18.0 Å². The monoisotopic (exact) mass is 278 g/mol. The number of rotatable bonds is 4. The molecular formula is C14H15ClN2S. The van der Waals surface area contributed by atoms with E-state index in [1.165, 1.54) is 5.56 Å². The molecule has 4 heteroatoms. The van der Waals surface area contributed by atoms with E-state index in [9.17, 15) is 0 Å². The zero-order chi connectivity index (χ0) is 13.0. The molecule has 0 aliphatic rings. The molecule has 0 aliphatic heterocycles. The molecule has 18 heavy (non-hydrogen) atoms. The number of nitrogens with zero attached hydrogens (tertiary/aromatic N) is 1. The van der Waals surface area contributed by atoms with Crippen LogP contribution in [0.1, 0.15) is 24.9 Å². The average molecular weight is 279 g/mol. The fourth-order valence-electron chi connectivity index (χ4n) is 1.63. The van der Waals surface area contributed by atoms with Crippen molar-refractivity contribution in [2.75, 3.05) is 0 Å². The Hall–Kier alpha value is -1.03. The van der Waals surface area contributed by atoms with Gasteiger partial charge in [0.25, 0.3) is 0 Å². The molecule has 0 fully saturated rings. The van der Waals surface area contributed by atoms with Crippen LogP contribution in [0.3, 0.4) is 0 Å². The summed E-state index contributed by atoms with van der Waals surface area (Å²) in [4.78, 5) is 5.44. The zero-order valence-corrected chi connectivity index (χ0v) is 11.7. The predicted molar refractivity (Wildman–Crippen MR) is 77.0 cm³/mol. The summed E-state index contributed by atoms with van der Waals surface area (Å²) in [6.45, 7) is 2.09. The number of benzene rings is 1. The van der Waals surface area contributed by atoms with Gasteiger partial charge in [0.05, 0.1) is 5.02 Å². The Morgan fingerprint density at radius 3 is 2.72 bits per heavy atom. The topological polar surface area (TPSA) is 38.9 Å². The minimum Gasteiger partial charge on any atom is -0.324 e. The molecule has 0 aliphatic carbocycles. The first kappa shape index (κ1) is 13.4. The van der Waals surface area contributed by atoms with Crippen LogP contribution in [0.5, 0.6) is 0 Å². The quantitative estimate of drug-likeness (QED) is 0.906. The van der Waals surface area contributed by atoms with Gasteiger partial charge in [0, 0.05) is 17.1 Å². The first-order chi connectivity index (χ1) is 8.70. The molecule has 0 saturated carbocycles. The van der Waals surface area contributed by atoms with E-state index in [4.69, 9.17) is 17.3 Å². The number of hydrogen-bond acceptors (Lipinski definition) is 3. The number of halogens is 1. The first-order valence-electron chi connectivity index (χ1n) is 5.84. The third kappa shape index (κ3) is 3.25. The van der Waals surface area contributed by atoms with Crippen molar-refractivity contribution in [1.82, 2.24) is 4.98 Å². The maximum absolute atomic E-state index is 6.12. The van der Waals surface area contributed by atoms with Crippen LogP contribution in [-0.4, -0.2) is 4.98 Å². The van der Waals surface area contributed by atoms with Crippen molar-refractivity contribution >= 4 is 23.4 Å². The van der Waals surface area contributed by atoms with Gasteiger partial charge >= 0.3 is 0 Å². The highest BCUT2D eigenvalue weighted by molar-refractivity contribution is 7.99. The SMILES string of the molecule is CCC(N)c1ccccc1Sc1ccc(Cl)cn1. The Bertz CT molecular complexity index is 513. The second-order valence-corrected chi connectivity index (χ2v) is 5.47. The summed E-state index contributed by atoms with van der Waals surface area (Å²) in [5, 5.41) is 1.58. The van der Waals surface area contributed by atoms with Crippen molar-refractivity contribution in [3.8, 4) is 0 Å². The van der Waals surface area contributed by atoms with Gasteiger partial charge in [0.1, 0.15) is 5.03 Å². The summed E-state index contributed by atoms with van der Waals surface area (Å²) < 4.78 is 0. The maximum Gasteiger partial charge on any atom is 0.101 e. The zero-order valence-electron chi connectivity index (χ0n) is 10.1. The Morgan fingerprint density at radius 2 is 2.06 bits per heavy atom. The smallest absolute Gasteiger partial charge is 0.101 e. The predicted octanol–water partition coefficient (Wildman–Crippen LogP) is 4.30. The molecule has 0 saturated heterocycles. The molecule has 0 radical (unpaired) electrons. The molecule has 2 rings (SSSR count). The average Bonchev–Trinajstić information content (AvgIpc) is 2.41. The van der Waals surface area contributed by atoms with E-state index in [1.807, 2.05) is 24.3 Å². The van der Waals surface area contributed by atoms with E-state index >= 15 is 0 Å². The molecule has 1 aromatic heterocycles. The second kappa shape index (κ2) is 6.23. The van der Waals surface area contributed by atoms with E-state index in [0.717, 1.165) is 16.3 Å². The lowest BCUT2D eigenvalue weighted by molar-refractivity contribution is 0.685. The fraction of sp³-hybridized carbons (Fsp3) is 0.214. The van der Waals surface area contributed by atoms with Crippen LogP contribution in [-0.2, 0) is 0 Å². The molecule has 1 aromatic carbocycles. The highest BCUT2D eigenvalue weighted by Gasteiger charge is 2.10. The van der Waals surface area contributed by atoms with Crippen LogP contribution in [0.4, 0.5) is 0 Å². The third-order valence-corrected chi connectivity index (χ3v) is 3.94. The molecular weight excluding hydrogens is 264 g/mol. The molecule has 1 unspecified atom stereocenters. The van der Waals surface area contributed by atoms with E-state index in [2.05, 4.69) is 24.0 Å². The van der Waals surface area contributed by atoms with Crippen molar-refractivity contribution < 1.29 is 0 Å². The standard InChI is InChI=1S/C14H15ClN2S/c1-2-12(16)11-5-3-4-6-13(11)18-14-8-7-10(15)9-17-14/h3-9,12H,2,16H2,1H3. The Kier molecular flexibility index (Phi) is 4.64. The van der Waals surface area contributed by atoms with Crippen LogP contribution >= 0.6 is 23.4 Å². The van der Waals surface area contributed by atoms with Crippen molar-refractivity contribution in [1.29, 1.82) is 0 Å². The van der Waals surface area contributed by atoms with Crippen LogP contribution in [0.25, 0.3) is 0 Å². The maximum atomic E-state index is 6.12. The summed E-state index contributed by atoms with van der Waals surface area (Å²) in [6.07, 6.45) is 2.58. The van der Waals surface area contributed by atoms with Gasteiger partial charge in [0.2, 0.25) is 0 Å². The third-order valence-electron chi connectivity index (χ3n) is 2.67. The number of hydrogen-bond donors (Lipinski definition) is 1. The van der Waals surface area contributed by atoms with Crippen LogP contribution < -0.4 is 5.73 Å².